The normalized spacial score (nSPS) is 11.4. The molecule has 0 amide bonds. The van der Waals surface area contributed by atoms with Gasteiger partial charge < -0.3 is 15.5 Å². The first-order chi connectivity index (χ1) is 7.16. The zero-order chi connectivity index (χ0) is 10.8. The molecule has 0 radical (unpaired) electrons. The zero-order valence-corrected chi connectivity index (χ0v) is 9.08. The number of nitrogens with one attached hydrogen (secondary N) is 1. The summed E-state index contributed by atoms with van der Waals surface area (Å²) in [6, 6.07) is 6.24. The number of benzene rings is 1. The smallest absolute Gasteiger partial charge is 0.136 e. The lowest BCUT2D eigenvalue weighted by molar-refractivity contribution is 0.572. The molecule has 80 valence electrons. The van der Waals surface area contributed by atoms with Crippen molar-refractivity contribution in [2.24, 2.45) is 0 Å². The average Bonchev–Trinajstić information content (AvgIpc) is 2.57. The monoisotopic (exact) mass is 204 g/mol. The fourth-order valence-corrected chi connectivity index (χ4v) is 1.55. The summed E-state index contributed by atoms with van der Waals surface area (Å²) >= 11 is 0. The second kappa shape index (κ2) is 3.95. The third-order valence-corrected chi connectivity index (χ3v) is 2.38. The predicted molar refractivity (Wildman–Crippen MR) is 62.6 cm³/mol. The van der Waals surface area contributed by atoms with Crippen molar-refractivity contribution in [2.75, 3.05) is 5.73 Å². The van der Waals surface area contributed by atoms with E-state index >= 15 is 0 Å². The molecular formula is C12H16N2O. The Hall–Kier alpha value is -1.48. The van der Waals surface area contributed by atoms with E-state index in [0.717, 1.165) is 23.2 Å². The van der Waals surface area contributed by atoms with Crippen LogP contribution in [0.2, 0.25) is 0 Å². The number of rotatable bonds is 3. The van der Waals surface area contributed by atoms with Crippen LogP contribution >= 0.6 is 0 Å². The van der Waals surface area contributed by atoms with Gasteiger partial charge in [-0.2, -0.15) is 0 Å². The van der Waals surface area contributed by atoms with Crippen molar-refractivity contribution >= 4 is 16.7 Å². The van der Waals surface area contributed by atoms with E-state index in [1.54, 1.807) is 6.26 Å². The largest absolute Gasteiger partial charge is 0.464 e. The molecule has 1 aromatic carbocycles. The van der Waals surface area contributed by atoms with Crippen molar-refractivity contribution in [3.63, 3.8) is 0 Å². The van der Waals surface area contributed by atoms with Gasteiger partial charge in [0, 0.05) is 35.3 Å². The molecule has 1 aromatic heterocycles. The molecule has 0 unspecified atom stereocenters. The molecule has 15 heavy (non-hydrogen) atoms. The highest BCUT2D eigenvalue weighted by Crippen LogP contribution is 2.23. The van der Waals surface area contributed by atoms with Gasteiger partial charge in [0.05, 0.1) is 6.26 Å². The zero-order valence-electron chi connectivity index (χ0n) is 9.08. The Morgan fingerprint density at radius 3 is 2.93 bits per heavy atom. The van der Waals surface area contributed by atoms with Crippen LogP contribution in [0.4, 0.5) is 5.69 Å². The molecule has 0 aliphatic carbocycles. The molecule has 2 rings (SSSR count). The SMILES string of the molecule is CC(C)NCc1coc2cc(N)ccc12. The summed E-state index contributed by atoms with van der Waals surface area (Å²) in [5.41, 5.74) is 8.45. The Bertz CT molecular complexity index is 460. The van der Waals surface area contributed by atoms with Crippen molar-refractivity contribution < 1.29 is 4.42 Å². The summed E-state index contributed by atoms with van der Waals surface area (Å²) < 4.78 is 5.44. The molecular weight excluding hydrogens is 188 g/mol. The first kappa shape index (κ1) is 10.1. The van der Waals surface area contributed by atoms with Gasteiger partial charge in [-0.05, 0) is 12.1 Å². The number of nitrogen functional groups attached to an aromatic ring is 1. The van der Waals surface area contributed by atoms with Gasteiger partial charge in [-0.1, -0.05) is 13.8 Å². The van der Waals surface area contributed by atoms with Crippen LogP contribution in [0.15, 0.2) is 28.9 Å². The van der Waals surface area contributed by atoms with Gasteiger partial charge in [0.25, 0.3) is 0 Å². The standard InChI is InChI=1S/C12H16N2O/c1-8(2)14-6-9-7-15-12-5-10(13)3-4-11(9)12/h3-5,7-8,14H,6,13H2,1-2H3. The lowest BCUT2D eigenvalue weighted by Gasteiger charge is -2.05. The second-order valence-corrected chi connectivity index (χ2v) is 4.05. The minimum Gasteiger partial charge on any atom is -0.464 e. The van der Waals surface area contributed by atoms with Gasteiger partial charge in [-0.25, -0.2) is 0 Å². The summed E-state index contributed by atoms with van der Waals surface area (Å²) in [7, 11) is 0. The van der Waals surface area contributed by atoms with Gasteiger partial charge in [0.15, 0.2) is 0 Å². The summed E-state index contributed by atoms with van der Waals surface area (Å²) in [6.07, 6.45) is 1.79. The van der Waals surface area contributed by atoms with Gasteiger partial charge in [-0.15, -0.1) is 0 Å². The Morgan fingerprint density at radius 2 is 2.20 bits per heavy atom. The highest BCUT2D eigenvalue weighted by atomic mass is 16.3. The minimum atomic E-state index is 0.476. The molecule has 0 bridgehead atoms. The fourth-order valence-electron chi connectivity index (χ4n) is 1.55. The molecule has 0 aliphatic rings. The van der Waals surface area contributed by atoms with E-state index in [2.05, 4.69) is 19.2 Å². The summed E-state index contributed by atoms with van der Waals surface area (Å²) in [5.74, 6) is 0. The van der Waals surface area contributed by atoms with E-state index in [1.165, 1.54) is 5.56 Å². The van der Waals surface area contributed by atoms with Crippen molar-refractivity contribution in [1.82, 2.24) is 5.32 Å². The van der Waals surface area contributed by atoms with Gasteiger partial charge in [0.2, 0.25) is 0 Å². The third kappa shape index (κ3) is 2.13. The molecule has 3 heteroatoms. The van der Waals surface area contributed by atoms with Crippen LogP contribution in [0.25, 0.3) is 11.0 Å². The summed E-state index contributed by atoms with van der Waals surface area (Å²) in [5, 5.41) is 4.50. The predicted octanol–water partition coefficient (Wildman–Crippen LogP) is 2.51. The first-order valence-electron chi connectivity index (χ1n) is 5.16. The van der Waals surface area contributed by atoms with Gasteiger partial charge in [-0.3, -0.25) is 0 Å². The number of hydrogen-bond donors (Lipinski definition) is 2. The first-order valence-corrected chi connectivity index (χ1v) is 5.16. The fraction of sp³-hybridized carbons (Fsp3) is 0.333. The van der Waals surface area contributed by atoms with E-state index in [4.69, 9.17) is 10.2 Å². The molecule has 3 nitrogen and oxygen atoms in total. The van der Waals surface area contributed by atoms with Gasteiger partial charge in [0.1, 0.15) is 5.58 Å². The second-order valence-electron chi connectivity index (χ2n) is 4.05. The lowest BCUT2D eigenvalue weighted by atomic mass is 10.1. The Labute approximate surface area is 89.3 Å². The molecule has 1 heterocycles. The van der Waals surface area contributed by atoms with Gasteiger partial charge >= 0.3 is 0 Å². The van der Waals surface area contributed by atoms with Crippen molar-refractivity contribution in [3.8, 4) is 0 Å². The maximum Gasteiger partial charge on any atom is 0.136 e. The van der Waals surface area contributed by atoms with Crippen LogP contribution in [0.3, 0.4) is 0 Å². The summed E-state index contributed by atoms with van der Waals surface area (Å²) in [4.78, 5) is 0. The van der Waals surface area contributed by atoms with Crippen LogP contribution in [-0.4, -0.2) is 6.04 Å². The number of hydrogen-bond acceptors (Lipinski definition) is 3. The van der Waals surface area contributed by atoms with Crippen molar-refractivity contribution in [1.29, 1.82) is 0 Å². The number of fused-ring (bicyclic) bond motifs is 1. The average molecular weight is 204 g/mol. The molecule has 0 saturated heterocycles. The highest BCUT2D eigenvalue weighted by Gasteiger charge is 2.05. The minimum absolute atomic E-state index is 0.476. The van der Waals surface area contributed by atoms with Crippen molar-refractivity contribution in [2.45, 2.75) is 26.4 Å². The quantitative estimate of drug-likeness (QED) is 0.755. The van der Waals surface area contributed by atoms with Crippen LogP contribution < -0.4 is 11.1 Å². The molecule has 0 saturated carbocycles. The molecule has 0 spiro atoms. The van der Waals surface area contributed by atoms with Crippen molar-refractivity contribution in [3.05, 3.63) is 30.0 Å². The van der Waals surface area contributed by atoms with Crippen LogP contribution in [0.5, 0.6) is 0 Å². The lowest BCUT2D eigenvalue weighted by Crippen LogP contribution is -2.21. The molecule has 0 aliphatic heterocycles. The number of nitrogens with two attached hydrogens (primary N) is 1. The van der Waals surface area contributed by atoms with E-state index in [0.29, 0.717) is 6.04 Å². The molecule has 0 atom stereocenters. The highest BCUT2D eigenvalue weighted by molar-refractivity contribution is 5.83. The molecule has 3 N–H and O–H groups in total. The molecule has 2 aromatic rings. The Balaban J connectivity index is 2.29. The van der Waals surface area contributed by atoms with E-state index < -0.39 is 0 Å². The van der Waals surface area contributed by atoms with E-state index in [9.17, 15) is 0 Å². The van der Waals surface area contributed by atoms with E-state index in [1.807, 2.05) is 18.2 Å². The van der Waals surface area contributed by atoms with E-state index in [-0.39, 0.29) is 0 Å². The Morgan fingerprint density at radius 1 is 1.40 bits per heavy atom. The maximum atomic E-state index is 5.68. The number of furan rings is 1. The third-order valence-electron chi connectivity index (χ3n) is 2.38. The Kier molecular flexibility index (Phi) is 2.64. The topological polar surface area (TPSA) is 51.2 Å². The maximum absolute atomic E-state index is 5.68. The summed E-state index contributed by atoms with van der Waals surface area (Å²) in [6.45, 7) is 5.08. The number of anilines is 1. The van der Waals surface area contributed by atoms with Crippen LogP contribution in [0, 0.1) is 0 Å². The van der Waals surface area contributed by atoms with Crippen LogP contribution in [0.1, 0.15) is 19.4 Å². The molecule has 0 fully saturated rings. The van der Waals surface area contributed by atoms with Crippen LogP contribution in [-0.2, 0) is 6.54 Å².